The highest BCUT2D eigenvalue weighted by Gasteiger charge is 2.28. The SMILES string of the molecule is Cc1cc(F)cc(NC(C)C(=O)NCC(F)(F)F)c1. The first-order valence-corrected chi connectivity index (χ1v) is 5.55. The van der Waals surface area contributed by atoms with Crippen LogP contribution in [0.15, 0.2) is 18.2 Å². The Hall–Kier alpha value is -1.79. The molecule has 7 heteroatoms. The van der Waals surface area contributed by atoms with Crippen molar-refractivity contribution in [1.82, 2.24) is 5.32 Å². The number of benzene rings is 1. The second-order valence-electron chi connectivity index (χ2n) is 4.22. The number of hydrogen-bond acceptors (Lipinski definition) is 2. The van der Waals surface area contributed by atoms with Crippen LogP contribution in [0.1, 0.15) is 12.5 Å². The molecule has 0 aliphatic carbocycles. The Bertz CT molecular complexity index is 439. The van der Waals surface area contributed by atoms with Crippen LogP contribution in [0.4, 0.5) is 23.2 Å². The second-order valence-corrected chi connectivity index (χ2v) is 4.22. The van der Waals surface area contributed by atoms with Crippen molar-refractivity contribution in [3.8, 4) is 0 Å². The lowest BCUT2D eigenvalue weighted by atomic mass is 10.2. The van der Waals surface area contributed by atoms with Gasteiger partial charge in [-0.25, -0.2) is 4.39 Å². The lowest BCUT2D eigenvalue weighted by Crippen LogP contribution is -2.42. The Balaban J connectivity index is 2.58. The second kappa shape index (κ2) is 5.90. The van der Waals surface area contributed by atoms with Gasteiger partial charge in [-0.3, -0.25) is 4.79 Å². The van der Waals surface area contributed by atoms with E-state index in [1.54, 1.807) is 18.3 Å². The molecule has 0 heterocycles. The molecule has 0 aliphatic heterocycles. The highest BCUT2D eigenvalue weighted by Crippen LogP contribution is 2.15. The average molecular weight is 278 g/mol. The van der Waals surface area contributed by atoms with E-state index >= 15 is 0 Å². The van der Waals surface area contributed by atoms with Crippen LogP contribution in [-0.2, 0) is 4.79 Å². The third-order valence-corrected chi connectivity index (χ3v) is 2.28. The standard InChI is InChI=1S/C12H14F4N2O/c1-7-3-9(13)5-10(4-7)18-8(2)11(19)17-6-12(14,15)16/h3-5,8,18H,6H2,1-2H3,(H,17,19). The van der Waals surface area contributed by atoms with Gasteiger partial charge >= 0.3 is 6.18 Å². The van der Waals surface area contributed by atoms with Crippen molar-refractivity contribution in [1.29, 1.82) is 0 Å². The van der Waals surface area contributed by atoms with Crippen LogP contribution in [0.2, 0.25) is 0 Å². The van der Waals surface area contributed by atoms with E-state index in [1.807, 2.05) is 0 Å². The summed E-state index contributed by atoms with van der Waals surface area (Å²) in [6, 6.07) is 3.17. The summed E-state index contributed by atoms with van der Waals surface area (Å²) in [4.78, 5) is 11.4. The smallest absolute Gasteiger partial charge is 0.374 e. The molecule has 1 aromatic carbocycles. The van der Waals surface area contributed by atoms with Gasteiger partial charge in [-0.05, 0) is 37.6 Å². The average Bonchev–Trinajstić information content (AvgIpc) is 2.23. The predicted molar refractivity (Wildman–Crippen MR) is 63.3 cm³/mol. The summed E-state index contributed by atoms with van der Waals surface area (Å²) in [6.07, 6.45) is -4.45. The van der Waals surface area contributed by atoms with Gasteiger partial charge in [0, 0.05) is 5.69 Å². The number of amides is 1. The molecule has 19 heavy (non-hydrogen) atoms. The molecule has 1 aromatic rings. The van der Waals surface area contributed by atoms with Gasteiger partial charge in [0.2, 0.25) is 5.91 Å². The summed E-state index contributed by atoms with van der Waals surface area (Å²) in [5.41, 5.74) is 0.984. The van der Waals surface area contributed by atoms with E-state index in [4.69, 9.17) is 0 Å². The van der Waals surface area contributed by atoms with E-state index in [9.17, 15) is 22.4 Å². The summed E-state index contributed by atoms with van der Waals surface area (Å²) in [7, 11) is 0. The maximum Gasteiger partial charge on any atom is 0.405 e. The molecular formula is C12H14F4N2O. The first-order chi connectivity index (χ1) is 8.67. The van der Waals surface area contributed by atoms with Gasteiger partial charge in [-0.1, -0.05) is 0 Å². The van der Waals surface area contributed by atoms with E-state index < -0.39 is 30.5 Å². The molecule has 1 rings (SSSR count). The topological polar surface area (TPSA) is 41.1 Å². The van der Waals surface area contributed by atoms with Gasteiger partial charge in [0.15, 0.2) is 0 Å². The quantitative estimate of drug-likeness (QED) is 0.831. The van der Waals surface area contributed by atoms with Crippen molar-refractivity contribution < 1.29 is 22.4 Å². The molecule has 0 fully saturated rings. The number of rotatable bonds is 4. The number of alkyl halides is 3. The summed E-state index contributed by atoms with van der Waals surface area (Å²) >= 11 is 0. The van der Waals surface area contributed by atoms with Gasteiger partial charge < -0.3 is 10.6 Å². The molecule has 0 saturated carbocycles. The zero-order valence-corrected chi connectivity index (χ0v) is 10.4. The third-order valence-electron chi connectivity index (χ3n) is 2.28. The van der Waals surface area contributed by atoms with Crippen molar-refractivity contribution in [3.63, 3.8) is 0 Å². The molecule has 1 atom stereocenters. The minimum atomic E-state index is -4.45. The zero-order chi connectivity index (χ0) is 14.6. The molecule has 0 aromatic heterocycles. The fourth-order valence-electron chi connectivity index (χ4n) is 1.48. The first kappa shape index (κ1) is 15.3. The Morgan fingerprint density at radius 2 is 1.95 bits per heavy atom. The van der Waals surface area contributed by atoms with Crippen LogP contribution in [0, 0.1) is 12.7 Å². The van der Waals surface area contributed by atoms with Crippen molar-refractivity contribution in [2.45, 2.75) is 26.1 Å². The van der Waals surface area contributed by atoms with Gasteiger partial charge in [0.1, 0.15) is 18.4 Å². The molecule has 1 unspecified atom stereocenters. The number of carbonyl (C=O) groups excluding carboxylic acids is 1. The maximum absolute atomic E-state index is 13.1. The number of aryl methyl sites for hydroxylation is 1. The fourth-order valence-corrected chi connectivity index (χ4v) is 1.48. The van der Waals surface area contributed by atoms with Crippen LogP contribution in [0.3, 0.4) is 0 Å². The lowest BCUT2D eigenvalue weighted by molar-refractivity contribution is -0.138. The van der Waals surface area contributed by atoms with Crippen molar-refractivity contribution in [2.75, 3.05) is 11.9 Å². The molecule has 2 N–H and O–H groups in total. The molecule has 1 amide bonds. The summed E-state index contributed by atoms with van der Waals surface area (Å²) < 4.78 is 48.9. The van der Waals surface area contributed by atoms with Crippen molar-refractivity contribution >= 4 is 11.6 Å². The Morgan fingerprint density at radius 3 is 2.47 bits per heavy atom. The summed E-state index contributed by atoms with van der Waals surface area (Å²) in [5, 5.41) is 4.39. The van der Waals surface area contributed by atoms with Gasteiger partial charge in [0.25, 0.3) is 0 Å². The third kappa shape index (κ3) is 5.58. The van der Waals surface area contributed by atoms with Crippen LogP contribution in [0.25, 0.3) is 0 Å². The summed E-state index contributed by atoms with van der Waals surface area (Å²) in [6.45, 7) is 1.68. The zero-order valence-electron chi connectivity index (χ0n) is 10.4. The molecule has 0 spiro atoms. The predicted octanol–water partition coefficient (Wildman–Crippen LogP) is 2.61. The first-order valence-electron chi connectivity index (χ1n) is 5.55. The van der Waals surface area contributed by atoms with Gasteiger partial charge in [-0.15, -0.1) is 0 Å². The van der Waals surface area contributed by atoms with E-state index in [0.717, 1.165) is 0 Å². The van der Waals surface area contributed by atoms with Crippen LogP contribution >= 0.6 is 0 Å². The Labute approximate surface area is 108 Å². The number of carbonyl (C=O) groups is 1. The molecule has 0 saturated heterocycles. The molecule has 106 valence electrons. The molecule has 0 aliphatic rings. The minimum absolute atomic E-state index is 0.340. The largest absolute Gasteiger partial charge is 0.405 e. The normalized spacial score (nSPS) is 12.9. The van der Waals surface area contributed by atoms with E-state index in [0.29, 0.717) is 11.3 Å². The number of nitrogens with one attached hydrogen (secondary N) is 2. The highest BCUT2D eigenvalue weighted by molar-refractivity contribution is 5.84. The fraction of sp³-hybridized carbons (Fsp3) is 0.417. The molecule has 0 radical (unpaired) electrons. The van der Waals surface area contributed by atoms with Crippen LogP contribution in [0.5, 0.6) is 0 Å². The monoisotopic (exact) mass is 278 g/mol. The van der Waals surface area contributed by atoms with Gasteiger partial charge in [0.05, 0.1) is 0 Å². The van der Waals surface area contributed by atoms with Crippen molar-refractivity contribution in [3.05, 3.63) is 29.6 Å². The number of hydrogen-bond donors (Lipinski definition) is 2. The van der Waals surface area contributed by atoms with E-state index in [1.165, 1.54) is 19.1 Å². The molecule has 3 nitrogen and oxygen atoms in total. The summed E-state index contributed by atoms with van der Waals surface area (Å²) in [5.74, 6) is -1.29. The van der Waals surface area contributed by atoms with Crippen LogP contribution < -0.4 is 10.6 Å². The Morgan fingerprint density at radius 1 is 1.32 bits per heavy atom. The van der Waals surface area contributed by atoms with Crippen molar-refractivity contribution in [2.24, 2.45) is 0 Å². The minimum Gasteiger partial charge on any atom is -0.374 e. The molecule has 0 bridgehead atoms. The maximum atomic E-state index is 13.1. The van der Waals surface area contributed by atoms with Crippen LogP contribution in [-0.4, -0.2) is 24.7 Å². The van der Waals surface area contributed by atoms with Gasteiger partial charge in [-0.2, -0.15) is 13.2 Å². The number of anilines is 1. The van der Waals surface area contributed by atoms with E-state index in [-0.39, 0.29) is 0 Å². The Kier molecular flexibility index (Phi) is 4.74. The highest BCUT2D eigenvalue weighted by atomic mass is 19.4. The molecular weight excluding hydrogens is 264 g/mol. The van der Waals surface area contributed by atoms with E-state index in [2.05, 4.69) is 5.32 Å². The lowest BCUT2D eigenvalue weighted by Gasteiger charge is -2.16. The number of halogens is 4.